The second kappa shape index (κ2) is 7.95. The molecule has 0 bridgehead atoms. The second-order valence-corrected chi connectivity index (χ2v) is 6.49. The van der Waals surface area contributed by atoms with Crippen LogP contribution in [-0.4, -0.2) is 37.1 Å². The molecular weight excluding hydrogens is 343 g/mol. The molecule has 132 valence electrons. The highest BCUT2D eigenvalue weighted by Crippen LogP contribution is 2.26. The van der Waals surface area contributed by atoms with Crippen LogP contribution >= 0.6 is 11.6 Å². The molecule has 3 rings (SSSR count). The van der Waals surface area contributed by atoms with Crippen molar-refractivity contribution in [2.24, 2.45) is 0 Å². The molecule has 1 aliphatic rings. The van der Waals surface area contributed by atoms with Crippen molar-refractivity contribution < 1.29 is 13.9 Å². The maximum Gasteiger partial charge on any atom is 0.246 e. The van der Waals surface area contributed by atoms with Gasteiger partial charge in [-0.3, -0.25) is 9.69 Å². The van der Waals surface area contributed by atoms with Gasteiger partial charge in [0.15, 0.2) is 0 Å². The molecule has 1 saturated heterocycles. The molecule has 0 aromatic heterocycles. The normalized spacial score (nSPS) is 16.4. The number of hydrogen-bond acceptors (Lipinski definition) is 3. The number of amides is 1. The average Bonchev–Trinajstić information content (AvgIpc) is 2.59. The molecule has 2 aromatic rings. The van der Waals surface area contributed by atoms with Crippen LogP contribution in [0.3, 0.4) is 0 Å². The van der Waals surface area contributed by atoms with Gasteiger partial charge in [0.2, 0.25) is 5.91 Å². The van der Waals surface area contributed by atoms with Crippen LogP contribution in [0.5, 0.6) is 0 Å². The molecule has 25 heavy (non-hydrogen) atoms. The largest absolute Gasteiger partial charge is 0.379 e. The molecule has 0 spiro atoms. The number of anilines is 1. The third-order valence-electron chi connectivity index (χ3n) is 4.28. The molecule has 4 nitrogen and oxygen atoms in total. The number of nitrogens with zero attached hydrogens (tertiary/aromatic N) is 1. The van der Waals surface area contributed by atoms with E-state index < -0.39 is 6.04 Å². The number of rotatable bonds is 4. The fraction of sp³-hybridized carbons (Fsp3) is 0.316. The first kappa shape index (κ1) is 17.9. The number of carbonyl (C=O) groups is 1. The summed E-state index contributed by atoms with van der Waals surface area (Å²) in [4.78, 5) is 15.0. The lowest BCUT2D eigenvalue weighted by molar-refractivity contribution is -0.123. The molecule has 2 aromatic carbocycles. The summed E-state index contributed by atoms with van der Waals surface area (Å²) in [5.41, 5.74) is 2.20. The lowest BCUT2D eigenvalue weighted by Gasteiger charge is -2.34. The van der Waals surface area contributed by atoms with Crippen molar-refractivity contribution in [1.29, 1.82) is 0 Å². The summed E-state index contributed by atoms with van der Waals surface area (Å²) in [6.07, 6.45) is 0. The van der Waals surface area contributed by atoms with Crippen molar-refractivity contribution >= 4 is 23.2 Å². The van der Waals surface area contributed by atoms with Gasteiger partial charge in [-0.05, 0) is 42.3 Å². The Morgan fingerprint density at radius 3 is 2.72 bits per heavy atom. The van der Waals surface area contributed by atoms with E-state index in [9.17, 15) is 9.18 Å². The number of carbonyl (C=O) groups excluding carboxylic acids is 1. The minimum Gasteiger partial charge on any atom is -0.379 e. The Labute approximate surface area is 151 Å². The molecule has 0 aliphatic carbocycles. The van der Waals surface area contributed by atoms with Gasteiger partial charge >= 0.3 is 0 Å². The average molecular weight is 363 g/mol. The zero-order valence-electron chi connectivity index (χ0n) is 14.0. The Morgan fingerprint density at radius 1 is 1.24 bits per heavy atom. The predicted molar refractivity (Wildman–Crippen MR) is 96.4 cm³/mol. The third kappa shape index (κ3) is 4.37. The molecule has 1 heterocycles. The molecule has 6 heteroatoms. The van der Waals surface area contributed by atoms with Crippen LogP contribution in [0.2, 0.25) is 5.02 Å². The Balaban J connectivity index is 1.90. The highest BCUT2D eigenvalue weighted by molar-refractivity contribution is 6.31. The fourth-order valence-electron chi connectivity index (χ4n) is 2.97. The molecule has 1 amide bonds. The van der Waals surface area contributed by atoms with E-state index in [0.717, 1.165) is 5.56 Å². The van der Waals surface area contributed by atoms with Gasteiger partial charge in [-0.15, -0.1) is 0 Å². The number of hydrogen-bond donors (Lipinski definition) is 1. The molecular formula is C19H20ClFN2O2. The quantitative estimate of drug-likeness (QED) is 0.899. The van der Waals surface area contributed by atoms with Crippen LogP contribution in [0, 0.1) is 12.7 Å². The van der Waals surface area contributed by atoms with Gasteiger partial charge in [-0.2, -0.15) is 0 Å². The van der Waals surface area contributed by atoms with Gasteiger partial charge in [0.1, 0.15) is 11.9 Å². The van der Waals surface area contributed by atoms with Crippen molar-refractivity contribution in [3.05, 3.63) is 64.4 Å². The Morgan fingerprint density at radius 2 is 2.00 bits per heavy atom. The van der Waals surface area contributed by atoms with Crippen LogP contribution < -0.4 is 5.32 Å². The van der Waals surface area contributed by atoms with Crippen molar-refractivity contribution in [2.45, 2.75) is 13.0 Å². The van der Waals surface area contributed by atoms with E-state index >= 15 is 0 Å². The van der Waals surface area contributed by atoms with Gasteiger partial charge in [0.25, 0.3) is 0 Å². The number of morpholine rings is 1. The topological polar surface area (TPSA) is 41.6 Å². The van der Waals surface area contributed by atoms with Crippen LogP contribution in [0.25, 0.3) is 0 Å². The Bertz CT molecular complexity index is 763. The summed E-state index contributed by atoms with van der Waals surface area (Å²) in [5, 5.41) is 3.49. The fourth-order valence-corrected chi connectivity index (χ4v) is 3.14. The summed E-state index contributed by atoms with van der Waals surface area (Å²) < 4.78 is 19.1. The monoisotopic (exact) mass is 362 g/mol. The number of ether oxygens (including phenoxy) is 1. The zero-order valence-corrected chi connectivity index (χ0v) is 14.7. The van der Waals surface area contributed by atoms with Gasteiger partial charge in [0, 0.05) is 23.8 Å². The number of benzene rings is 2. The van der Waals surface area contributed by atoms with Gasteiger partial charge in [0.05, 0.1) is 13.2 Å². The van der Waals surface area contributed by atoms with Crippen LogP contribution in [0.15, 0.2) is 42.5 Å². The molecule has 1 aliphatic heterocycles. The Kier molecular flexibility index (Phi) is 5.68. The first-order valence-electron chi connectivity index (χ1n) is 8.19. The Hall–Kier alpha value is -1.95. The van der Waals surface area contributed by atoms with E-state index in [2.05, 4.69) is 5.32 Å². The van der Waals surface area contributed by atoms with Crippen molar-refractivity contribution in [3.8, 4) is 0 Å². The van der Waals surface area contributed by atoms with Crippen LogP contribution in [0.4, 0.5) is 10.1 Å². The van der Waals surface area contributed by atoms with Crippen LogP contribution in [-0.2, 0) is 9.53 Å². The lowest BCUT2D eigenvalue weighted by atomic mass is 10.0. The molecule has 1 atom stereocenters. The molecule has 0 saturated carbocycles. The molecule has 1 unspecified atom stereocenters. The predicted octanol–water partition coefficient (Wildman–Crippen LogP) is 3.80. The van der Waals surface area contributed by atoms with E-state index in [1.54, 1.807) is 24.3 Å². The standard InChI is InChI=1S/C19H20ClFN2O2/c1-13-5-6-15(20)12-17(13)22-19(24)18(23-7-9-25-10-8-23)14-3-2-4-16(21)11-14/h2-6,11-12,18H,7-10H2,1H3,(H,22,24). The molecule has 1 fully saturated rings. The van der Waals surface area contributed by atoms with Crippen molar-refractivity contribution in [2.75, 3.05) is 31.6 Å². The summed E-state index contributed by atoms with van der Waals surface area (Å²) in [6.45, 7) is 4.23. The van der Waals surface area contributed by atoms with Gasteiger partial charge in [-0.1, -0.05) is 29.8 Å². The highest BCUT2D eigenvalue weighted by atomic mass is 35.5. The number of halogens is 2. The minimum absolute atomic E-state index is 0.210. The lowest BCUT2D eigenvalue weighted by Crippen LogP contribution is -2.44. The van der Waals surface area contributed by atoms with E-state index in [1.165, 1.54) is 12.1 Å². The summed E-state index contributed by atoms with van der Waals surface area (Å²) in [7, 11) is 0. The third-order valence-corrected chi connectivity index (χ3v) is 4.52. The van der Waals surface area contributed by atoms with Crippen molar-refractivity contribution in [3.63, 3.8) is 0 Å². The van der Waals surface area contributed by atoms with Crippen molar-refractivity contribution in [1.82, 2.24) is 4.90 Å². The zero-order chi connectivity index (χ0) is 17.8. The van der Waals surface area contributed by atoms with E-state index in [0.29, 0.717) is 42.6 Å². The van der Waals surface area contributed by atoms with E-state index in [-0.39, 0.29) is 11.7 Å². The van der Waals surface area contributed by atoms with E-state index in [4.69, 9.17) is 16.3 Å². The molecule has 0 radical (unpaired) electrons. The summed E-state index contributed by atoms with van der Waals surface area (Å²) >= 11 is 6.04. The summed E-state index contributed by atoms with van der Waals surface area (Å²) in [5.74, 6) is -0.569. The molecule has 1 N–H and O–H groups in total. The first-order chi connectivity index (χ1) is 12.0. The maximum atomic E-state index is 13.7. The highest BCUT2D eigenvalue weighted by Gasteiger charge is 2.29. The minimum atomic E-state index is -0.585. The van der Waals surface area contributed by atoms with Crippen LogP contribution in [0.1, 0.15) is 17.2 Å². The summed E-state index contributed by atoms with van der Waals surface area (Å²) in [6, 6.07) is 10.9. The number of nitrogens with one attached hydrogen (secondary N) is 1. The maximum absolute atomic E-state index is 13.7. The second-order valence-electron chi connectivity index (χ2n) is 6.05. The smallest absolute Gasteiger partial charge is 0.246 e. The van der Waals surface area contributed by atoms with Gasteiger partial charge in [-0.25, -0.2) is 4.39 Å². The SMILES string of the molecule is Cc1ccc(Cl)cc1NC(=O)C(c1cccc(F)c1)N1CCOCC1. The first-order valence-corrected chi connectivity index (χ1v) is 8.56. The number of aryl methyl sites for hydroxylation is 1. The van der Waals surface area contributed by atoms with Gasteiger partial charge < -0.3 is 10.1 Å². The van der Waals surface area contributed by atoms with E-state index in [1.807, 2.05) is 17.9 Å².